The van der Waals surface area contributed by atoms with E-state index < -0.39 is 28.0 Å². The van der Waals surface area contributed by atoms with Crippen molar-refractivity contribution >= 4 is 33.4 Å². The van der Waals surface area contributed by atoms with Gasteiger partial charge < -0.3 is 16.0 Å². The van der Waals surface area contributed by atoms with Crippen LogP contribution in [0.25, 0.3) is 0 Å². The molecule has 7 nitrogen and oxygen atoms in total. The summed E-state index contributed by atoms with van der Waals surface area (Å²) in [6.45, 7) is 1.81. The number of carbonyl (C=O) groups excluding carboxylic acids is 2. The molecule has 24 heavy (non-hydrogen) atoms. The minimum atomic E-state index is -3.06. The van der Waals surface area contributed by atoms with Crippen LogP contribution in [-0.4, -0.2) is 43.9 Å². The fraction of sp³-hybridized carbons (Fsp3) is 0.467. The van der Waals surface area contributed by atoms with E-state index in [0.29, 0.717) is 11.4 Å². The van der Waals surface area contributed by atoms with Crippen LogP contribution >= 0.6 is 11.6 Å². The molecule has 0 aromatic heterocycles. The molecule has 0 radical (unpaired) electrons. The van der Waals surface area contributed by atoms with Crippen LogP contribution < -0.4 is 16.0 Å². The summed E-state index contributed by atoms with van der Waals surface area (Å²) >= 11 is 6.01. The summed E-state index contributed by atoms with van der Waals surface area (Å²) in [5.41, 5.74) is 0.778. The maximum atomic E-state index is 12.0. The van der Waals surface area contributed by atoms with Gasteiger partial charge in [0.1, 0.15) is 6.04 Å². The van der Waals surface area contributed by atoms with Crippen molar-refractivity contribution in [3.63, 3.8) is 0 Å². The van der Waals surface area contributed by atoms with Crippen LogP contribution in [0.4, 0.5) is 4.79 Å². The van der Waals surface area contributed by atoms with E-state index in [1.165, 1.54) is 0 Å². The van der Waals surface area contributed by atoms with Gasteiger partial charge in [0.05, 0.1) is 11.5 Å². The molecule has 2 rings (SSSR count). The molecule has 3 amide bonds. The van der Waals surface area contributed by atoms with Crippen LogP contribution in [0.15, 0.2) is 24.3 Å². The number of amides is 3. The zero-order chi connectivity index (χ0) is 17.7. The average molecular weight is 374 g/mol. The van der Waals surface area contributed by atoms with Crippen molar-refractivity contribution in [2.24, 2.45) is 0 Å². The molecule has 132 valence electrons. The Morgan fingerprint density at radius 2 is 2.04 bits per heavy atom. The van der Waals surface area contributed by atoms with Crippen molar-refractivity contribution in [1.82, 2.24) is 16.0 Å². The Morgan fingerprint density at radius 3 is 2.67 bits per heavy atom. The molecule has 1 aliphatic rings. The molecular formula is C15H20ClN3O4S. The number of benzene rings is 1. The van der Waals surface area contributed by atoms with Gasteiger partial charge in [-0.3, -0.25) is 4.79 Å². The van der Waals surface area contributed by atoms with Gasteiger partial charge in [0.25, 0.3) is 0 Å². The van der Waals surface area contributed by atoms with Crippen LogP contribution in [0, 0.1) is 0 Å². The molecule has 1 heterocycles. The molecule has 1 saturated heterocycles. The first-order valence-corrected chi connectivity index (χ1v) is 9.75. The molecule has 9 heteroatoms. The monoisotopic (exact) mass is 373 g/mol. The lowest BCUT2D eigenvalue weighted by Gasteiger charge is -2.17. The summed E-state index contributed by atoms with van der Waals surface area (Å²) in [5.74, 6) is -0.344. The van der Waals surface area contributed by atoms with Crippen molar-refractivity contribution in [1.29, 1.82) is 0 Å². The SMILES string of the molecule is C[C@H](NC(=O)NC1CCS(=O)(=O)C1)C(=O)NCc1ccccc1Cl. The molecular weight excluding hydrogens is 354 g/mol. The van der Waals surface area contributed by atoms with E-state index in [1.54, 1.807) is 25.1 Å². The first-order valence-electron chi connectivity index (χ1n) is 7.55. The quantitative estimate of drug-likeness (QED) is 0.711. The Kier molecular flexibility index (Phi) is 6.06. The molecule has 1 aliphatic heterocycles. The van der Waals surface area contributed by atoms with Gasteiger partial charge >= 0.3 is 6.03 Å². The molecule has 0 bridgehead atoms. The number of nitrogens with one attached hydrogen (secondary N) is 3. The second kappa shape index (κ2) is 7.85. The smallest absolute Gasteiger partial charge is 0.315 e. The highest BCUT2D eigenvalue weighted by Gasteiger charge is 2.29. The number of hydrogen-bond donors (Lipinski definition) is 3. The molecule has 2 atom stereocenters. The second-order valence-electron chi connectivity index (χ2n) is 5.75. The third kappa shape index (κ3) is 5.38. The van der Waals surface area contributed by atoms with Gasteiger partial charge in [-0.2, -0.15) is 0 Å². The summed E-state index contributed by atoms with van der Waals surface area (Å²) in [6, 6.07) is 5.42. The summed E-state index contributed by atoms with van der Waals surface area (Å²) in [6.07, 6.45) is 0.392. The van der Waals surface area contributed by atoms with E-state index in [9.17, 15) is 18.0 Å². The van der Waals surface area contributed by atoms with Gasteiger partial charge in [-0.25, -0.2) is 13.2 Å². The van der Waals surface area contributed by atoms with E-state index in [0.717, 1.165) is 5.56 Å². The Hall–Kier alpha value is -1.80. The zero-order valence-corrected chi connectivity index (χ0v) is 14.8. The Bertz CT molecular complexity index is 723. The maximum absolute atomic E-state index is 12.0. The normalized spacial score (nSPS) is 20.2. The first kappa shape index (κ1) is 18.5. The fourth-order valence-corrected chi connectivity index (χ4v) is 4.25. The van der Waals surface area contributed by atoms with Crippen LogP contribution in [0.5, 0.6) is 0 Å². The van der Waals surface area contributed by atoms with E-state index >= 15 is 0 Å². The zero-order valence-electron chi connectivity index (χ0n) is 13.2. The van der Waals surface area contributed by atoms with Crippen molar-refractivity contribution in [3.8, 4) is 0 Å². The Morgan fingerprint density at radius 1 is 1.33 bits per heavy atom. The minimum Gasteiger partial charge on any atom is -0.350 e. The first-order chi connectivity index (χ1) is 11.3. The number of halogens is 1. The van der Waals surface area contributed by atoms with Crippen molar-refractivity contribution < 1.29 is 18.0 Å². The Labute approximate surface area is 146 Å². The standard InChI is InChI=1S/C15H20ClN3O4S/c1-10(14(20)17-8-11-4-2-3-5-13(11)16)18-15(21)19-12-6-7-24(22,23)9-12/h2-5,10,12H,6-9H2,1H3,(H,17,20)(H2,18,19,21)/t10-,12?/m0/s1. The predicted molar refractivity (Wildman–Crippen MR) is 91.5 cm³/mol. The van der Waals surface area contributed by atoms with E-state index in [-0.39, 0.29) is 24.0 Å². The maximum Gasteiger partial charge on any atom is 0.315 e. The summed E-state index contributed by atoms with van der Waals surface area (Å²) in [5, 5.41) is 8.31. The highest BCUT2D eigenvalue weighted by molar-refractivity contribution is 7.91. The third-order valence-corrected chi connectivity index (χ3v) is 5.86. The minimum absolute atomic E-state index is 0.0620. The van der Waals surface area contributed by atoms with E-state index in [4.69, 9.17) is 11.6 Å². The van der Waals surface area contributed by atoms with E-state index in [2.05, 4.69) is 16.0 Å². The molecule has 0 aliphatic carbocycles. The predicted octanol–water partition coefficient (Wildman–Crippen LogP) is 0.831. The molecule has 1 aromatic rings. The topological polar surface area (TPSA) is 104 Å². The van der Waals surface area contributed by atoms with Crippen molar-refractivity contribution in [2.75, 3.05) is 11.5 Å². The third-order valence-electron chi connectivity index (χ3n) is 3.72. The van der Waals surface area contributed by atoms with Crippen molar-refractivity contribution in [3.05, 3.63) is 34.9 Å². The van der Waals surface area contributed by atoms with Crippen LogP contribution in [0.1, 0.15) is 18.9 Å². The average Bonchev–Trinajstić information content (AvgIpc) is 2.84. The number of carbonyl (C=O) groups is 2. The van der Waals surface area contributed by atoms with E-state index in [1.807, 2.05) is 6.07 Å². The number of sulfone groups is 1. The highest BCUT2D eigenvalue weighted by atomic mass is 35.5. The summed E-state index contributed by atoms with van der Waals surface area (Å²) < 4.78 is 22.7. The summed E-state index contributed by atoms with van der Waals surface area (Å²) in [4.78, 5) is 23.8. The highest BCUT2D eigenvalue weighted by Crippen LogP contribution is 2.14. The van der Waals surface area contributed by atoms with Crippen LogP contribution in [0.2, 0.25) is 5.02 Å². The van der Waals surface area contributed by atoms with Gasteiger partial charge in [0, 0.05) is 17.6 Å². The lowest BCUT2D eigenvalue weighted by Crippen LogP contribution is -2.50. The Balaban J connectivity index is 1.77. The van der Waals surface area contributed by atoms with Gasteiger partial charge in [-0.1, -0.05) is 29.8 Å². The number of rotatable bonds is 5. The molecule has 1 unspecified atom stereocenters. The van der Waals surface area contributed by atoms with Crippen LogP contribution in [0.3, 0.4) is 0 Å². The van der Waals surface area contributed by atoms with Gasteiger partial charge in [-0.15, -0.1) is 0 Å². The van der Waals surface area contributed by atoms with Gasteiger partial charge in [0.2, 0.25) is 5.91 Å². The van der Waals surface area contributed by atoms with Gasteiger partial charge in [-0.05, 0) is 25.0 Å². The second-order valence-corrected chi connectivity index (χ2v) is 8.38. The van der Waals surface area contributed by atoms with Crippen molar-refractivity contribution in [2.45, 2.75) is 32.0 Å². The molecule has 3 N–H and O–H groups in total. The fourth-order valence-electron chi connectivity index (χ4n) is 2.38. The molecule has 0 spiro atoms. The summed E-state index contributed by atoms with van der Waals surface area (Å²) in [7, 11) is -3.06. The van der Waals surface area contributed by atoms with Crippen LogP contribution in [-0.2, 0) is 21.2 Å². The number of hydrogen-bond acceptors (Lipinski definition) is 4. The molecule has 1 aromatic carbocycles. The molecule has 0 saturated carbocycles. The largest absolute Gasteiger partial charge is 0.350 e. The van der Waals surface area contributed by atoms with Gasteiger partial charge in [0.15, 0.2) is 9.84 Å². The molecule has 1 fully saturated rings. The number of urea groups is 1. The lowest BCUT2D eigenvalue weighted by atomic mass is 10.2. The lowest BCUT2D eigenvalue weighted by molar-refractivity contribution is -0.122.